The van der Waals surface area contributed by atoms with Gasteiger partial charge in [0.1, 0.15) is 0 Å². The zero-order valence-corrected chi connectivity index (χ0v) is 18.5. The van der Waals surface area contributed by atoms with Crippen LogP contribution in [-0.4, -0.2) is 44.2 Å². The summed E-state index contributed by atoms with van der Waals surface area (Å²) in [5.74, 6) is -0.327. The van der Waals surface area contributed by atoms with Gasteiger partial charge >= 0.3 is 0 Å². The normalized spacial score (nSPS) is 17.1. The predicted octanol–water partition coefficient (Wildman–Crippen LogP) is 3.41. The van der Waals surface area contributed by atoms with Crippen LogP contribution in [0.1, 0.15) is 48.5 Å². The molecule has 0 atom stereocenters. The molecule has 0 aliphatic carbocycles. The number of rotatable bonds is 4. The molecular weight excluding hydrogens is 414 g/mol. The second-order valence-corrected chi connectivity index (χ2v) is 10.0. The highest BCUT2D eigenvalue weighted by Crippen LogP contribution is 2.29. The minimum Gasteiger partial charge on any atom is -0.322 e. The molecule has 0 spiro atoms. The monoisotopic (exact) mass is 441 g/mol. The molecule has 0 bridgehead atoms. The third-order valence-corrected chi connectivity index (χ3v) is 7.81. The Bertz CT molecular complexity index is 1110. The highest BCUT2D eigenvalue weighted by Gasteiger charge is 2.26. The molecule has 2 aromatic carbocycles. The lowest BCUT2D eigenvalue weighted by Crippen LogP contribution is -2.32. The molecule has 8 heteroatoms. The molecule has 7 nitrogen and oxygen atoms in total. The molecule has 1 N–H and O–H groups in total. The fraction of sp³-hybridized carbons (Fsp3) is 0.391. The number of nitrogens with zero attached hydrogens (tertiary/aromatic N) is 2. The first kappa shape index (κ1) is 21.5. The molecule has 4 rings (SSSR count). The summed E-state index contributed by atoms with van der Waals surface area (Å²) in [4.78, 5) is 26.4. The summed E-state index contributed by atoms with van der Waals surface area (Å²) < 4.78 is 27.6. The third kappa shape index (κ3) is 4.50. The first-order chi connectivity index (χ1) is 14.9. The Kier molecular flexibility index (Phi) is 6.11. The molecule has 164 valence electrons. The summed E-state index contributed by atoms with van der Waals surface area (Å²) in [5, 5.41) is 2.81. The van der Waals surface area contributed by atoms with E-state index < -0.39 is 10.0 Å². The van der Waals surface area contributed by atoms with E-state index in [-0.39, 0.29) is 16.7 Å². The van der Waals surface area contributed by atoms with Crippen LogP contribution in [-0.2, 0) is 21.2 Å². The van der Waals surface area contributed by atoms with E-state index in [1.54, 1.807) is 45.6 Å². The van der Waals surface area contributed by atoms with Gasteiger partial charge in [0.25, 0.3) is 5.91 Å². The molecule has 0 aromatic heterocycles. The number of carbonyl (C=O) groups is 2. The number of fused-ring (bicyclic) bond motifs is 1. The van der Waals surface area contributed by atoms with E-state index >= 15 is 0 Å². The van der Waals surface area contributed by atoms with Gasteiger partial charge in [-0.3, -0.25) is 9.59 Å². The van der Waals surface area contributed by atoms with Crippen molar-refractivity contribution in [3.8, 4) is 0 Å². The van der Waals surface area contributed by atoms with Gasteiger partial charge in [-0.05, 0) is 61.2 Å². The van der Waals surface area contributed by atoms with E-state index in [0.29, 0.717) is 37.3 Å². The van der Waals surface area contributed by atoms with Crippen LogP contribution in [0.2, 0.25) is 0 Å². The van der Waals surface area contributed by atoms with Crippen LogP contribution in [0.5, 0.6) is 0 Å². The second kappa shape index (κ2) is 8.80. The van der Waals surface area contributed by atoms with Crippen LogP contribution in [0, 0.1) is 0 Å². The lowest BCUT2D eigenvalue weighted by molar-refractivity contribution is -0.116. The summed E-state index contributed by atoms with van der Waals surface area (Å²) in [7, 11) is -3.59. The van der Waals surface area contributed by atoms with Gasteiger partial charge in [-0.1, -0.05) is 18.9 Å². The van der Waals surface area contributed by atoms with Crippen molar-refractivity contribution in [2.24, 2.45) is 0 Å². The Labute approximate surface area is 183 Å². The maximum Gasteiger partial charge on any atom is 0.255 e. The van der Waals surface area contributed by atoms with Crippen molar-refractivity contribution in [3.05, 3.63) is 53.6 Å². The number of hydrogen-bond donors (Lipinski definition) is 1. The highest BCUT2D eigenvalue weighted by molar-refractivity contribution is 7.89. The number of anilines is 2. The molecule has 2 aromatic rings. The molecule has 31 heavy (non-hydrogen) atoms. The van der Waals surface area contributed by atoms with Gasteiger partial charge in [-0.25, -0.2) is 8.42 Å². The van der Waals surface area contributed by atoms with E-state index in [1.807, 2.05) is 0 Å². The SMILES string of the molecule is CC(=O)N1CCc2cc(C(=O)Nc3cccc(S(=O)(=O)N4CCCCCC4)c3)ccc21. The minimum atomic E-state index is -3.59. The standard InChI is InChI=1S/C23H27N3O4S/c1-17(27)26-14-11-18-15-19(9-10-22(18)26)23(28)24-20-7-6-8-21(16-20)31(29,30)25-12-4-2-3-5-13-25/h6-10,15-16H,2-5,11-14H2,1H3,(H,24,28). The van der Waals surface area contributed by atoms with E-state index in [4.69, 9.17) is 0 Å². The number of hydrogen-bond acceptors (Lipinski definition) is 4. The number of benzene rings is 2. The zero-order valence-electron chi connectivity index (χ0n) is 17.6. The molecule has 1 fully saturated rings. The lowest BCUT2D eigenvalue weighted by atomic mass is 10.1. The molecule has 0 radical (unpaired) electrons. The van der Waals surface area contributed by atoms with Gasteiger partial charge in [0.2, 0.25) is 15.9 Å². The average molecular weight is 442 g/mol. The molecule has 2 heterocycles. The fourth-order valence-corrected chi connectivity index (χ4v) is 5.80. The van der Waals surface area contributed by atoms with E-state index in [2.05, 4.69) is 5.32 Å². The number of nitrogens with one attached hydrogen (secondary N) is 1. The largest absolute Gasteiger partial charge is 0.322 e. The van der Waals surface area contributed by atoms with E-state index in [0.717, 1.165) is 36.9 Å². The van der Waals surface area contributed by atoms with Gasteiger partial charge in [0.15, 0.2) is 0 Å². The number of sulfonamides is 1. The smallest absolute Gasteiger partial charge is 0.255 e. The Morgan fingerprint density at radius 3 is 2.39 bits per heavy atom. The van der Waals surface area contributed by atoms with Crippen LogP contribution in [0.25, 0.3) is 0 Å². The number of amides is 2. The molecule has 0 unspecified atom stereocenters. The Balaban J connectivity index is 1.52. The Morgan fingerprint density at radius 1 is 0.935 bits per heavy atom. The quantitative estimate of drug-likeness (QED) is 0.788. The maximum absolute atomic E-state index is 13.0. The van der Waals surface area contributed by atoms with Crippen molar-refractivity contribution in [1.29, 1.82) is 0 Å². The fourth-order valence-electron chi connectivity index (χ4n) is 4.24. The summed E-state index contributed by atoms with van der Waals surface area (Å²) in [6.07, 6.45) is 4.55. The first-order valence-electron chi connectivity index (χ1n) is 10.7. The van der Waals surface area contributed by atoms with Gasteiger partial charge < -0.3 is 10.2 Å². The summed E-state index contributed by atoms with van der Waals surface area (Å²) in [6, 6.07) is 11.7. The molecular formula is C23H27N3O4S. The van der Waals surface area contributed by atoms with Crippen LogP contribution in [0.4, 0.5) is 11.4 Å². The third-order valence-electron chi connectivity index (χ3n) is 5.91. The Morgan fingerprint density at radius 2 is 1.68 bits per heavy atom. The van der Waals surface area contributed by atoms with Crippen molar-refractivity contribution >= 4 is 33.2 Å². The van der Waals surface area contributed by atoms with Crippen molar-refractivity contribution in [2.75, 3.05) is 29.9 Å². The van der Waals surface area contributed by atoms with E-state index in [9.17, 15) is 18.0 Å². The van der Waals surface area contributed by atoms with Gasteiger partial charge in [0.05, 0.1) is 4.90 Å². The molecule has 2 aliphatic heterocycles. The second-order valence-electron chi connectivity index (χ2n) is 8.06. The molecule has 1 saturated heterocycles. The summed E-state index contributed by atoms with van der Waals surface area (Å²) >= 11 is 0. The van der Waals surface area contributed by atoms with E-state index in [1.165, 1.54) is 13.0 Å². The molecule has 2 amide bonds. The Hall–Kier alpha value is -2.71. The van der Waals surface area contributed by atoms with Crippen LogP contribution in [0.3, 0.4) is 0 Å². The van der Waals surface area contributed by atoms with Crippen LogP contribution in [0.15, 0.2) is 47.4 Å². The average Bonchev–Trinajstić information content (AvgIpc) is 2.98. The summed E-state index contributed by atoms with van der Waals surface area (Å²) in [5.41, 5.74) is 2.71. The highest BCUT2D eigenvalue weighted by atomic mass is 32.2. The molecule has 2 aliphatic rings. The van der Waals surface area contributed by atoms with Gasteiger partial charge in [-0.2, -0.15) is 4.31 Å². The van der Waals surface area contributed by atoms with Crippen molar-refractivity contribution in [1.82, 2.24) is 4.31 Å². The van der Waals surface area contributed by atoms with Crippen molar-refractivity contribution in [3.63, 3.8) is 0 Å². The number of carbonyl (C=O) groups excluding carboxylic acids is 2. The minimum absolute atomic E-state index is 0.0154. The van der Waals surface area contributed by atoms with Gasteiger partial charge in [0, 0.05) is 43.5 Å². The van der Waals surface area contributed by atoms with Gasteiger partial charge in [-0.15, -0.1) is 0 Å². The molecule has 0 saturated carbocycles. The van der Waals surface area contributed by atoms with Crippen LogP contribution >= 0.6 is 0 Å². The van der Waals surface area contributed by atoms with Crippen molar-refractivity contribution < 1.29 is 18.0 Å². The zero-order chi connectivity index (χ0) is 22.0. The summed E-state index contributed by atoms with van der Waals surface area (Å²) in [6.45, 7) is 3.21. The maximum atomic E-state index is 13.0. The first-order valence-corrected chi connectivity index (χ1v) is 12.1. The predicted molar refractivity (Wildman–Crippen MR) is 120 cm³/mol. The van der Waals surface area contributed by atoms with Crippen molar-refractivity contribution in [2.45, 2.75) is 43.9 Å². The lowest BCUT2D eigenvalue weighted by Gasteiger charge is -2.20. The topological polar surface area (TPSA) is 86.8 Å². The van der Waals surface area contributed by atoms with Crippen LogP contribution < -0.4 is 10.2 Å².